The third-order valence-corrected chi connectivity index (χ3v) is 7.61. The van der Waals surface area contributed by atoms with Crippen molar-refractivity contribution < 1.29 is 9.90 Å². The summed E-state index contributed by atoms with van der Waals surface area (Å²) in [4.78, 5) is 15.1. The van der Waals surface area contributed by atoms with Crippen molar-refractivity contribution in [2.75, 3.05) is 0 Å². The number of ketones is 1. The molecule has 3 unspecified atom stereocenters. The zero-order valence-electron chi connectivity index (χ0n) is 16.1. The van der Waals surface area contributed by atoms with Gasteiger partial charge in [-0.1, -0.05) is 43.3 Å². The predicted octanol–water partition coefficient (Wildman–Crippen LogP) is 4.07. The molecule has 5 atom stereocenters. The van der Waals surface area contributed by atoms with Crippen molar-refractivity contribution in [3.8, 4) is 5.75 Å². The molecular formula is C24H27NO2. The molecule has 1 N–H and O–H groups in total. The van der Waals surface area contributed by atoms with Crippen LogP contribution < -0.4 is 0 Å². The molecule has 3 fully saturated rings. The lowest BCUT2D eigenvalue weighted by Crippen LogP contribution is -2.69. The monoisotopic (exact) mass is 361 g/mol. The van der Waals surface area contributed by atoms with Crippen LogP contribution in [0.5, 0.6) is 5.75 Å². The molecule has 2 heterocycles. The number of piperidine rings is 2. The molecule has 4 aliphatic rings. The van der Waals surface area contributed by atoms with E-state index < -0.39 is 0 Å². The lowest BCUT2D eigenvalue weighted by Gasteiger charge is -2.64. The average molecular weight is 361 g/mol. The van der Waals surface area contributed by atoms with E-state index in [4.69, 9.17) is 0 Å². The maximum Gasteiger partial charge on any atom is 0.134 e. The molecule has 6 rings (SSSR count). The third-order valence-electron chi connectivity index (χ3n) is 7.61. The Hall–Kier alpha value is -2.13. The van der Waals surface area contributed by atoms with Gasteiger partial charge in [-0.25, -0.2) is 0 Å². The molecule has 0 amide bonds. The molecule has 0 aromatic heterocycles. The fourth-order valence-corrected chi connectivity index (χ4v) is 6.36. The zero-order chi connectivity index (χ0) is 18.8. The number of aromatic hydroxyl groups is 1. The molecule has 3 heteroatoms. The summed E-state index contributed by atoms with van der Waals surface area (Å²) in [6.45, 7) is 5.05. The second kappa shape index (κ2) is 5.93. The number of fused-ring (bicyclic) bond motifs is 2. The summed E-state index contributed by atoms with van der Waals surface area (Å²) in [6, 6.07) is 17.3. The zero-order valence-corrected chi connectivity index (χ0v) is 16.1. The quantitative estimate of drug-likeness (QED) is 0.896. The second-order valence-electron chi connectivity index (χ2n) is 9.02. The van der Waals surface area contributed by atoms with Crippen LogP contribution in [0.25, 0.3) is 0 Å². The van der Waals surface area contributed by atoms with Crippen LogP contribution >= 0.6 is 0 Å². The predicted molar refractivity (Wildman–Crippen MR) is 106 cm³/mol. The van der Waals surface area contributed by atoms with Crippen molar-refractivity contribution >= 4 is 5.78 Å². The highest BCUT2D eigenvalue weighted by molar-refractivity contribution is 5.79. The average Bonchev–Trinajstić information content (AvgIpc) is 2.65. The summed E-state index contributed by atoms with van der Waals surface area (Å²) in [6.07, 6.45) is 3.01. The van der Waals surface area contributed by atoms with Crippen molar-refractivity contribution in [2.24, 2.45) is 11.8 Å². The third kappa shape index (κ3) is 2.48. The lowest BCUT2D eigenvalue weighted by atomic mass is 9.49. The summed E-state index contributed by atoms with van der Waals surface area (Å²) in [7, 11) is 0. The minimum atomic E-state index is 0.0563. The Labute approximate surface area is 161 Å². The summed E-state index contributed by atoms with van der Waals surface area (Å²) in [5.41, 5.74) is 4.07. The molecular weight excluding hydrogens is 334 g/mol. The van der Waals surface area contributed by atoms with Crippen LogP contribution in [0, 0.1) is 11.8 Å². The molecule has 2 aliphatic heterocycles. The van der Waals surface area contributed by atoms with Gasteiger partial charge in [-0.2, -0.15) is 0 Å². The first kappa shape index (κ1) is 17.0. The molecule has 2 aromatic carbocycles. The Bertz CT molecular complexity index is 893. The van der Waals surface area contributed by atoms with Crippen molar-refractivity contribution in [1.82, 2.24) is 4.90 Å². The van der Waals surface area contributed by atoms with Crippen LogP contribution in [0.15, 0.2) is 48.5 Å². The molecule has 27 heavy (non-hydrogen) atoms. The van der Waals surface area contributed by atoms with Crippen LogP contribution in [-0.4, -0.2) is 27.9 Å². The fraction of sp³-hybridized carbons (Fsp3) is 0.458. The van der Waals surface area contributed by atoms with Crippen LogP contribution in [0.2, 0.25) is 0 Å². The van der Waals surface area contributed by atoms with Crippen LogP contribution in [0.3, 0.4) is 0 Å². The summed E-state index contributed by atoms with van der Waals surface area (Å²) >= 11 is 0. The Morgan fingerprint density at radius 2 is 1.96 bits per heavy atom. The van der Waals surface area contributed by atoms with E-state index in [9.17, 15) is 9.90 Å². The second-order valence-corrected chi connectivity index (χ2v) is 9.02. The topological polar surface area (TPSA) is 40.5 Å². The smallest absolute Gasteiger partial charge is 0.134 e. The van der Waals surface area contributed by atoms with Gasteiger partial charge in [0.2, 0.25) is 0 Å². The highest BCUT2D eigenvalue weighted by Gasteiger charge is 2.60. The van der Waals surface area contributed by atoms with Crippen molar-refractivity contribution in [1.29, 1.82) is 0 Å². The molecule has 4 bridgehead atoms. The number of phenolic OH excluding ortho intramolecular Hbond substituents is 1. The SMILES string of the molecule is CC(=O)[C@H]1CC2C3Cc4ccc(O)cc4[C@]2(C)CC1N3Cc1ccccc1. The first-order valence-corrected chi connectivity index (χ1v) is 10.1. The van der Waals surface area contributed by atoms with Gasteiger partial charge in [0.25, 0.3) is 0 Å². The van der Waals surface area contributed by atoms with Gasteiger partial charge in [0.05, 0.1) is 0 Å². The molecule has 0 spiro atoms. The lowest BCUT2D eigenvalue weighted by molar-refractivity contribution is -0.142. The number of nitrogens with zero attached hydrogens (tertiary/aromatic N) is 1. The number of hydrogen-bond donors (Lipinski definition) is 1. The largest absolute Gasteiger partial charge is 0.508 e. The number of carbonyl (C=O) groups excluding carboxylic acids is 1. The first-order chi connectivity index (χ1) is 13.0. The van der Waals surface area contributed by atoms with E-state index in [2.05, 4.69) is 48.2 Å². The number of Topliss-reactive ketones (excluding diaryl/α,β-unsaturated/α-hetero) is 1. The van der Waals surface area contributed by atoms with Gasteiger partial charge < -0.3 is 5.11 Å². The van der Waals surface area contributed by atoms with Crippen LogP contribution in [-0.2, 0) is 23.2 Å². The molecule has 2 saturated heterocycles. The highest BCUT2D eigenvalue weighted by Crippen LogP contribution is 2.58. The van der Waals surface area contributed by atoms with E-state index in [-0.39, 0.29) is 11.3 Å². The maximum atomic E-state index is 12.4. The summed E-state index contributed by atoms with van der Waals surface area (Å²) < 4.78 is 0. The van der Waals surface area contributed by atoms with Crippen molar-refractivity contribution in [3.63, 3.8) is 0 Å². The number of hydrogen-bond acceptors (Lipinski definition) is 3. The van der Waals surface area contributed by atoms with Gasteiger partial charge >= 0.3 is 0 Å². The normalized spacial score (nSPS) is 34.3. The number of benzene rings is 2. The van der Waals surface area contributed by atoms with E-state index in [0.29, 0.717) is 29.5 Å². The molecule has 1 saturated carbocycles. The number of rotatable bonds is 3. The minimum absolute atomic E-state index is 0.0563. The van der Waals surface area contributed by atoms with Crippen LogP contribution in [0.1, 0.15) is 43.4 Å². The molecule has 140 valence electrons. The van der Waals surface area contributed by atoms with Gasteiger partial charge in [0.1, 0.15) is 11.5 Å². The minimum Gasteiger partial charge on any atom is -0.508 e. The van der Waals surface area contributed by atoms with Gasteiger partial charge in [0.15, 0.2) is 0 Å². The fourth-order valence-electron chi connectivity index (χ4n) is 6.36. The molecule has 0 radical (unpaired) electrons. The molecule has 3 nitrogen and oxygen atoms in total. The van der Waals surface area contributed by atoms with Crippen molar-refractivity contribution in [2.45, 2.75) is 57.2 Å². The molecule has 2 aliphatic carbocycles. The Balaban J connectivity index is 1.59. The van der Waals surface area contributed by atoms with E-state index in [1.54, 1.807) is 6.92 Å². The van der Waals surface area contributed by atoms with E-state index in [1.807, 2.05) is 12.1 Å². The van der Waals surface area contributed by atoms with Crippen molar-refractivity contribution in [3.05, 3.63) is 65.2 Å². The Morgan fingerprint density at radius 1 is 1.19 bits per heavy atom. The molecule has 2 aromatic rings. The highest BCUT2D eigenvalue weighted by atomic mass is 16.3. The number of carbonyl (C=O) groups is 1. The standard InChI is InChI=1S/C24H27NO2/c1-15(26)19-12-21-22-10-17-8-9-18(27)11-20(17)24(21,2)13-23(19)25(22)14-16-6-4-3-5-7-16/h3-9,11,19,21-23,27H,10,12-14H2,1-2H3/t19-,21?,22?,23?,24+/m1/s1. The van der Waals surface area contributed by atoms with Gasteiger partial charge in [-0.05, 0) is 66.3 Å². The number of phenols is 1. The van der Waals surface area contributed by atoms with E-state index in [0.717, 1.165) is 25.8 Å². The Morgan fingerprint density at radius 3 is 2.70 bits per heavy atom. The maximum absolute atomic E-state index is 12.4. The first-order valence-electron chi connectivity index (χ1n) is 10.1. The van der Waals surface area contributed by atoms with E-state index in [1.165, 1.54) is 16.7 Å². The van der Waals surface area contributed by atoms with Gasteiger partial charge in [-0.3, -0.25) is 9.69 Å². The van der Waals surface area contributed by atoms with E-state index >= 15 is 0 Å². The van der Waals surface area contributed by atoms with Gasteiger partial charge in [0, 0.05) is 24.5 Å². The summed E-state index contributed by atoms with van der Waals surface area (Å²) in [5.74, 6) is 1.30. The van der Waals surface area contributed by atoms with Crippen LogP contribution in [0.4, 0.5) is 0 Å². The van der Waals surface area contributed by atoms with Gasteiger partial charge in [-0.15, -0.1) is 0 Å². The Kier molecular flexibility index (Phi) is 3.74. The summed E-state index contributed by atoms with van der Waals surface area (Å²) in [5, 5.41) is 10.1.